The summed E-state index contributed by atoms with van der Waals surface area (Å²) in [6.45, 7) is 0.802. The van der Waals surface area contributed by atoms with Gasteiger partial charge in [-0.25, -0.2) is 18.4 Å². The quantitative estimate of drug-likeness (QED) is 0.600. The van der Waals surface area contributed by atoms with Crippen LogP contribution in [0, 0.1) is 0 Å². The van der Waals surface area contributed by atoms with Gasteiger partial charge >= 0.3 is 0 Å². The van der Waals surface area contributed by atoms with Gasteiger partial charge in [-0.3, -0.25) is 19.9 Å². The molecule has 1 aromatic carbocycles. The van der Waals surface area contributed by atoms with Gasteiger partial charge in [0, 0.05) is 36.7 Å². The summed E-state index contributed by atoms with van der Waals surface area (Å²) in [5.74, 6) is -0.858. The third kappa shape index (κ3) is 4.94. The molecule has 4 rings (SSSR count). The van der Waals surface area contributed by atoms with Gasteiger partial charge in [-0.2, -0.15) is 0 Å². The highest BCUT2D eigenvalue weighted by Crippen LogP contribution is 2.29. The zero-order valence-electron chi connectivity index (χ0n) is 16.4. The van der Waals surface area contributed by atoms with E-state index in [1.165, 1.54) is 42.1 Å². The molecule has 1 N–H and O–H groups in total. The fraction of sp³-hybridized carbons (Fsp3) is 0.250. The van der Waals surface area contributed by atoms with Gasteiger partial charge in [-0.15, -0.1) is 0 Å². The summed E-state index contributed by atoms with van der Waals surface area (Å²) >= 11 is 1.30. The first-order valence-electron chi connectivity index (χ1n) is 9.54. The van der Waals surface area contributed by atoms with E-state index in [4.69, 9.17) is 0 Å². The van der Waals surface area contributed by atoms with Crippen molar-refractivity contribution in [3.05, 3.63) is 65.2 Å². The molecule has 160 valence electrons. The molecule has 9 nitrogen and oxygen atoms in total. The van der Waals surface area contributed by atoms with Gasteiger partial charge in [-0.05, 0) is 12.1 Å². The van der Waals surface area contributed by atoms with E-state index in [2.05, 4.69) is 20.3 Å². The number of amides is 2. The lowest BCUT2D eigenvalue weighted by atomic mass is 10.1. The number of thiazole rings is 1. The third-order valence-electron chi connectivity index (χ3n) is 4.79. The summed E-state index contributed by atoms with van der Waals surface area (Å²) in [6, 6.07) is 8.12. The predicted octanol–water partition coefficient (Wildman–Crippen LogP) is 1.93. The van der Waals surface area contributed by atoms with Crippen LogP contribution in [0.15, 0.2) is 53.8 Å². The van der Waals surface area contributed by atoms with E-state index in [0.29, 0.717) is 24.6 Å². The molecule has 31 heavy (non-hydrogen) atoms. The Morgan fingerprint density at radius 1 is 1.16 bits per heavy atom. The normalized spacial score (nSPS) is 13.5. The summed E-state index contributed by atoms with van der Waals surface area (Å²) in [4.78, 5) is 39.8. The van der Waals surface area contributed by atoms with Crippen molar-refractivity contribution in [1.29, 1.82) is 0 Å². The van der Waals surface area contributed by atoms with Gasteiger partial charge < -0.3 is 4.90 Å². The largest absolute Gasteiger partial charge is 0.337 e. The molecule has 11 heteroatoms. The summed E-state index contributed by atoms with van der Waals surface area (Å²) < 4.78 is 24.8. The first-order chi connectivity index (χ1) is 14.9. The number of carbonyl (C=O) groups excluding carboxylic acids is 2. The fourth-order valence-corrected chi connectivity index (χ4v) is 5.43. The number of rotatable bonds is 6. The average Bonchev–Trinajstić information content (AvgIpc) is 3.20. The van der Waals surface area contributed by atoms with Crippen molar-refractivity contribution in [2.24, 2.45) is 0 Å². The maximum absolute atomic E-state index is 12.6. The van der Waals surface area contributed by atoms with Crippen molar-refractivity contribution in [3.63, 3.8) is 0 Å². The van der Waals surface area contributed by atoms with Crippen LogP contribution < -0.4 is 5.32 Å². The number of hydrogen-bond acceptors (Lipinski definition) is 8. The highest BCUT2D eigenvalue weighted by Gasteiger charge is 2.26. The molecular weight excluding hydrogens is 438 g/mol. The van der Waals surface area contributed by atoms with Crippen LogP contribution in [0.4, 0.5) is 5.13 Å². The van der Waals surface area contributed by atoms with Crippen molar-refractivity contribution in [2.75, 3.05) is 17.6 Å². The number of anilines is 1. The second-order valence-electron chi connectivity index (χ2n) is 6.88. The molecule has 0 aliphatic carbocycles. The Hall–Kier alpha value is -3.18. The van der Waals surface area contributed by atoms with Crippen LogP contribution in [0.25, 0.3) is 0 Å². The van der Waals surface area contributed by atoms with Crippen molar-refractivity contribution >= 4 is 38.1 Å². The predicted molar refractivity (Wildman–Crippen MR) is 114 cm³/mol. The Labute approximate surface area is 183 Å². The minimum atomic E-state index is -3.51. The molecule has 0 saturated carbocycles. The van der Waals surface area contributed by atoms with Gasteiger partial charge in [0.2, 0.25) is 5.91 Å². The van der Waals surface area contributed by atoms with E-state index in [9.17, 15) is 18.0 Å². The second kappa shape index (κ2) is 8.90. The maximum Gasteiger partial charge on any atom is 0.277 e. The van der Waals surface area contributed by atoms with Gasteiger partial charge in [0.1, 0.15) is 5.69 Å². The molecule has 0 fully saturated rings. The van der Waals surface area contributed by atoms with Gasteiger partial charge in [0.25, 0.3) is 5.91 Å². The van der Waals surface area contributed by atoms with E-state index in [-0.39, 0.29) is 28.7 Å². The van der Waals surface area contributed by atoms with Crippen molar-refractivity contribution in [1.82, 2.24) is 19.9 Å². The molecular formula is C20H19N5O4S2. The molecule has 0 atom stereocenters. The highest BCUT2D eigenvalue weighted by atomic mass is 32.2. The van der Waals surface area contributed by atoms with E-state index in [0.717, 1.165) is 10.6 Å². The minimum absolute atomic E-state index is 0.0817. The van der Waals surface area contributed by atoms with E-state index in [1.807, 2.05) is 0 Å². The second-order valence-corrected chi connectivity index (χ2v) is 10.1. The van der Waals surface area contributed by atoms with Crippen LogP contribution in [0.5, 0.6) is 0 Å². The van der Waals surface area contributed by atoms with Crippen LogP contribution in [0.2, 0.25) is 0 Å². The Morgan fingerprint density at radius 2 is 1.97 bits per heavy atom. The number of fused-ring (bicyclic) bond motifs is 1. The van der Waals surface area contributed by atoms with Crippen molar-refractivity contribution in [2.45, 2.75) is 24.3 Å². The van der Waals surface area contributed by atoms with Crippen LogP contribution in [-0.2, 0) is 27.6 Å². The lowest BCUT2D eigenvalue weighted by Gasteiger charge is -2.26. The molecule has 0 unspecified atom stereocenters. The number of sulfone groups is 1. The fourth-order valence-electron chi connectivity index (χ4n) is 3.16. The summed E-state index contributed by atoms with van der Waals surface area (Å²) in [6.07, 6.45) is 4.75. The van der Waals surface area contributed by atoms with Crippen LogP contribution in [0.3, 0.4) is 0 Å². The molecule has 0 radical (unpaired) electrons. The third-order valence-corrected chi connectivity index (χ3v) is 7.52. The minimum Gasteiger partial charge on any atom is -0.337 e. The number of aromatic nitrogens is 3. The lowest BCUT2D eigenvalue weighted by Crippen LogP contribution is -2.36. The number of carbonyl (C=O) groups is 2. The molecule has 0 spiro atoms. The molecule has 1 aliphatic heterocycles. The van der Waals surface area contributed by atoms with Gasteiger partial charge in [-0.1, -0.05) is 29.5 Å². The first-order valence-corrected chi connectivity index (χ1v) is 12.0. The highest BCUT2D eigenvalue weighted by molar-refractivity contribution is 7.91. The zero-order chi connectivity index (χ0) is 21.8. The Balaban J connectivity index is 1.36. The lowest BCUT2D eigenvalue weighted by molar-refractivity contribution is -0.131. The molecule has 0 saturated heterocycles. The number of nitrogens with one attached hydrogen (secondary N) is 1. The summed E-state index contributed by atoms with van der Waals surface area (Å²) in [5.41, 5.74) is 1.02. The Kier molecular flexibility index (Phi) is 6.05. The number of benzene rings is 1. The molecule has 2 amide bonds. The number of hydrogen-bond donors (Lipinski definition) is 1. The van der Waals surface area contributed by atoms with E-state index in [1.54, 1.807) is 23.1 Å². The topological polar surface area (TPSA) is 122 Å². The van der Waals surface area contributed by atoms with Crippen LogP contribution in [0.1, 0.15) is 27.5 Å². The SMILES string of the molecule is O=C(Nc1nc2c(s1)CN(C(=O)CCS(=O)(=O)c1ccccc1)CC2)c1cnccn1. The van der Waals surface area contributed by atoms with Crippen LogP contribution in [-0.4, -0.2) is 52.4 Å². The Bertz CT molecular complexity index is 1200. The van der Waals surface area contributed by atoms with E-state index >= 15 is 0 Å². The summed E-state index contributed by atoms with van der Waals surface area (Å²) in [5, 5.41) is 3.14. The molecule has 1 aliphatic rings. The average molecular weight is 458 g/mol. The maximum atomic E-state index is 12.6. The van der Waals surface area contributed by atoms with Gasteiger partial charge in [0.15, 0.2) is 15.0 Å². The molecule has 0 bridgehead atoms. The van der Waals surface area contributed by atoms with E-state index < -0.39 is 15.7 Å². The van der Waals surface area contributed by atoms with Crippen molar-refractivity contribution < 1.29 is 18.0 Å². The monoisotopic (exact) mass is 457 g/mol. The molecule has 2 aromatic heterocycles. The Morgan fingerprint density at radius 3 is 2.71 bits per heavy atom. The van der Waals surface area contributed by atoms with Gasteiger partial charge in [0.05, 0.1) is 29.1 Å². The standard InChI is InChI=1S/C20H19N5O4S2/c26-18(7-11-31(28,29)14-4-2-1-3-5-14)25-10-6-15-17(13-25)30-20(23-15)24-19(27)16-12-21-8-9-22-16/h1-5,8-9,12H,6-7,10-11,13H2,(H,23,24,27). The number of nitrogens with zero attached hydrogens (tertiary/aromatic N) is 4. The molecule has 3 heterocycles. The summed E-state index contributed by atoms with van der Waals surface area (Å²) in [7, 11) is -3.51. The van der Waals surface area contributed by atoms with Crippen LogP contribution >= 0.6 is 11.3 Å². The first kappa shape index (κ1) is 21.1. The molecule has 3 aromatic rings. The van der Waals surface area contributed by atoms with Crippen molar-refractivity contribution in [3.8, 4) is 0 Å². The smallest absolute Gasteiger partial charge is 0.277 e. The zero-order valence-corrected chi connectivity index (χ0v) is 18.0.